The predicted octanol–water partition coefficient (Wildman–Crippen LogP) is 3.74. The van der Waals surface area contributed by atoms with Crippen molar-refractivity contribution in [1.82, 2.24) is 0 Å². The molecular weight excluding hydrogens is 280 g/mol. The van der Waals surface area contributed by atoms with Crippen LogP contribution in [0, 0.1) is 10.1 Å². The van der Waals surface area contributed by atoms with E-state index in [1.54, 1.807) is 6.07 Å². The van der Waals surface area contributed by atoms with Crippen LogP contribution in [0.4, 0.5) is 11.4 Å². The maximum Gasteiger partial charge on any atom is 0.289 e. The Labute approximate surface area is 121 Å². The fraction of sp³-hybridized carbons (Fsp3) is 0.143. The van der Waals surface area contributed by atoms with Crippen LogP contribution in [0.15, 0.2) is 48.5 Å². The molecule has 0 saturated heterocycles. The minimum absolute atomic E-state index is 0.111. The van der Waals surface area contributed by atoms with Gasteiger partial charge in [-0.1, -0.05) is 29.8 Å². The Kier molecular flexibility index (Phi) is 4.79. The molecule has 0 amide bonds. The number of hydrogen-bond donors (Lipinski definition) is 1. The molecule has 0 bridgehead atoms. The molecule has 6 heteroatoms. The summed E-state index contributed by atoms with van der Waals surface area (Å²) in [4.78, 5) is 10.3. The van der Waals surface area contributed by atoms with Crippen LogP contribution in [0.25, 0.3) is 0 Å². The highest BCUT2D eigenvalue weighted by Crippen LogP contribution is 2.27. The summed E-state index contributed by atoms with van der Waals surface area (Å²) in [5.74, 6) is 0.788. The van der Waals surface area contributed by atoms with Gasteiger partial charge in [0.1, 0.15) is 17.4 Å². The van der Waals surface area contributed by atoms with Crippen LogP contribution in [-0.4, -0.2) is 18.1 Å². The number of hydrogen-bond acceptors (Lipinski definition) is 4. The van der Waals surface area contributed by atoms with Crippen LogP contribution in [0.1, 0.15) is 0 Å². The zero-order chi connectivity index (χ0) is 14.4. The normalized spacial score (nSPS) is 10.1. The summed E-state index contributed by atoms with van der Waals surface area (Å²) in [6.07, 6.45) is 0. The lowest BCUT2D eigenvalue weighted by Crippen LogP contribution is -2.11. The zero-order valence-corrected chi connectivity index (χ0v) is 11.3. The second-order valence-corrected chi connectivity index (χ2v) is 4.42. The van der Waals surface area contributed by atoms with Crippen molar-refractivity contribution in [1.29, 1.82) is 0 Å². The van der Waals surface area contributed by atoms with E-state index in [1.165, 1.54) is 12.1 Å². The Morgan fingerprint density at radius 2 is 1.95 bits per heavy atom. The van der Waals surface area contributed by atoms with Gasteiger partial charge in [-0.25, -0.2) is 0 Å². The monoisotopic (exact) mass is 292 g/mol. The molecule has 0 aliphatic heterocycles. The van der Waals surface area contributed by atoms with Crippen molar-refractivity contribution < 1.29 is 9.66 Å². The van der Waals surface area contributed by atoms with Crippen LogP contribution in [0.5, 0.6) is 5.75 Å². The molecule has 2 aromatic rings. The van der Waals surface area contributed by atoms with Crippen molar-refractivity contribution in [2.24, 2.45) is 0 Å². The van der Waals surface area contributed by atoms with Crippen LogP contribution in [0.2, 0.25) is 5.02 Å². The Balaban J connectivity index is 1.85. The molecule has 0 unspecified atom stereocenters. The smallest absolute Gasteiger partial charge is 0.289 e. The maximum atomic E-state index is 10.8. The lowest BCUT2D eigenvalue weighted by molar-refractivity contribution is -0.384. The van der Waals surface area contributed by atoms with E-state index in [2.05, 4.69) is 5.32 Å². The van der Waals surface area contributed by atoms with Crippen molar-refractivity contribution in [2.45, 2.75) is 0 Å². The predicted molar refractivity (Wildman–Crippen MR) is 78.5 cm³/mol. The van der Waals surface area contributed by atoms with E-state index in [0.29, 0.717) is 18.8 Å². The van der Waals surface area contributed by atoms with Crippen LogP contribution >= 0.6 is 11.6 Å². The standard InChI is InChI=1S/C14H13ClN2O3/c15-13-7-6-11(10-14(13)17(18)19)16-8-9-20-12-4-2-1-3-5-12/h1-7,10,16H,8-9H2. The van der Waals surface area contributed by atoms with E-state index in [1.807, 2.05) is 30.3 Å². The molecule has 5 nitrogen and oxygen atoms in total. The summed E-state index contributed by atoms with van der Waals surface area (Å²) in [6, 6.07) is 14.0. The van der Waals surface area contributed by atoms with Gasteiger partial charge in [0, 0.05) is 18.3 Å². The molecule has 0 fully saturated rings. The first kappa shape index (κ1) is 14.1. The van der Waals surface area contributed by atoms with E-state index >= 15 is 0 Å². The van der Waals surface area contributed by atoms with Gasteiger partial charge in [-0.15, -0.1) is 0 Å². The second kappa shape index (κ2) is 6.77. The number of rotatable bonds is 6. The summed E-state index contributed by atoms with van der Waals surface area (Å²) >= 11 is 5.74. The quantitative estimate of drug-likeness (QED) is 0.500. The Morgan fingerprint density at radius 1 is 1.20 bits per heavy atom. The van der Waals surface area contributed by atoms with Gasteiger partial charge in [0.2, 0.25) is 0 Å². The average Bonchev–Trinajstić information content (AvgIpc) is 2.46. The highest BCUT2D eigenvalue weighted by Gasteiger charge is 2.12. The van der Waals surface area contributed by atoms with Gasteiger partial charge < -0.3 is 10.1 Å². The number of halogens is 1. The van der Waals surface area contributed by atoms with Crippen molar-refractivity contribution in [2.75, 3.05) is 18.5 Å². The van der Waals surface area contributed by atoms with Crippen LogP contribution < -0.4 is 10.1 Å². The van der Waals surface area contributed by atoms with Gasteiger partial charge in [-0.2, -0.15) is 0 Å². The number of nitro groups is 1. The zero-order valence-electron chi connectivity index (χ0n) is 10.6. The SMILES string of the molecule is O=[N+]([O-])c1cc(NCCOc2ccccc2)ccc1Cl. The average molecular weight is 293 g/mol. The third-order valence-corrected chi connectivity index (χ3v) is 2.91. The van der Waals surface area contributed by atoms with Crippen LogP contribution in [0.3, 0.4) is 0 Å². The van der Waals surface area contributed by atoms with E-state index in [-0.39, 0.29) is 10.7 Å². The number of nitrogens with one attached hydrogen (secondary N) is 1. The third kappa shape index (κ3) is 3.86. The second-order valence-electron chi connectivity index (χ2n) is 4.01. The van der Waals surface area contributed by atoms with Crippen LogP contribution in [-0.2, 0) is 0 Å². The molecule has 2 aromatic carbocycles. The maximum absolute atomic E-state index is 10.8. The summed E-state index contributed by atoms with van der Waals surface area (Å²) in [5, 5.41) is 13.9. The summed E-state index contributed by atoms with van der Waals surface area (Å²) in [5.41, 5.74) is 0.526. The highest BCUT2D eigenvalue weighted by atomic mass is 35.5. The molecule has 0 aliphatic carbocycles. The summed E-state index contributed by atoms with van der Waals surface area (Å²) < 4.78 is 5.51. The van der Waals surface area contributed by atoms with Crippen molar-refractivity contribution in [3.05, 3.63) is 63.7 Å². The molecule has 0 heterocycles. The number of ether oxygens (including phenoxy) is 1. The largest absolute Gasteiger partial charge is 0.492 e. The number of benzene rings is 2. The molecule has 0 atom stereocenters. The Bertz CT molecular complexity index is 590. The molecule has 0 spiro atoms. The van der Waals surface area contributed by atoms with Crippen molar-refractivity contribution in [3.8, 4) is 5.75 Å². The molecule has 20 heavy (non-hydrogen) atoms. The Hall–Kier alpha value is -2.27. The fourth-order valence-corrected chi connectivity index (χ4v) is 1.83. The number of anilines is 1. The topological polar surface area (TPSA) is 64.4 Å². The molecule has 0 aromatic heterocycles. The lowest BCUT2D eigenvalue weighted by Gasteiger charge is -2.08. The fourth-order valence-electron chi connectivity index (χ4n) is 1.64. The molecule has 104 valence electrons. The van der Waals surface area contributed by atoms with Crippen molar-refractivity contribution >= 4 is 23.0 Å². The van der Waals surface area contributed by atoms with E-state index in [9.17, 15) is 10.1 Å². The first-order valence-electron chi connectivity index (χ1n) is 6.02. The van der Waals surface area contributed by atoms with Gasteiger partial charge in [0.25, 0.3) is 5.69 Å². The molecule has 1 N–H and O–H groups in total. The summed E-state index contributed by atoms with van der Waals surface area (Å²) in [6.45, 7) is 0.994. The number of nitro benzene ring substituents is 1. The Morgan fingerprint density at radius 3 is 2.65 bits per heavy atom. The van der Waals surface area contributed by atoms with E-state index in [0.717, 1.165) is 5.75 Å². The van der Waals surface area contributed by atoms with Gasteiger partial charge in [-0.05, 0) is 24.3 Å². The molecule has 0 saturated carbocycles. The van der Waals surface area contributed by atoms with Gasteiger partial charge in [-0.3, -0.25) is 10.1 Å². The van der Waals surface area contributed by atoms with Crippen molar-refractivity contribution in [3.63, 3.8) is 0 Å². The van der Waals surface area contributed by atoms with Gasteiger partial charge in [0.05, 0.1) is 4.92 Å². The first-order valence-corrected chi connectivity index (χ1v) is 6.40. The van der Waals surface area contributed by atoms with Gasteiger partial charge >= 0.3 is 0 Å². The molecule has 0 aliphatic rings. The van der Waals surface area contributed by atoms with E-state index < -0.39 is 4.92 Å². The summed E-state index contributed by atoms with van der Waals surface area (Å²) in [7, 11) is 0. The van der Waals surface area contributed by atoms with E-state index in [4.69, 9.17) is 16.3 Å². The lowest BCUT2D eigenvalue weighted by atomic mass is 10.3. The third-order valence-electron chi connectivity index (χ3n) is 2.59. The molecule has 0 radical (unpaired) electrons. The molecule has 2 rings (SSSR count). The van der Waals surface area contributed by atoms with Gasteiger partial charge in [0.15, 0.2) is 0 Å². The number of nitrogens with zero attached hydrogens (tertiary/aromatic N) is 1. The number of para-hydroxylation sites is 1. The minimum atomic E-state index is -0.506. The first-order chi connectivity index (χ1) is 9.66. The molecular formula is C14H13ClN2O3. The highest BCUT2D eigenvalue weighted by molar-refractivity contribution is 6.32. The minimum Gasteiger partial charge on any atom is -0.492 e.